The van der Waals surface area contributed by atoms with E-state index in [0.717, 1.165) is 52.0 Å². The van der Waals surface area contributed by atoms with E-state index in [1.165, 1.54) is 9.66 Å². The average molecular weight is 549 g/mol. The SMILES string of the molecule is CCN(CC)c1ccc(-c2nc3ccccc3n2Cc2cn(S(=O)(=O)c3ccc(C)cc3)c3ccccc23)cc1. The third kappa shape index (κ3) is 4.46. The third-order valence-corrected chi connectivity index (χ3v) is 9.26. The van der Waals surface area contributed by atoms with Crippen molar-refractivity contribution in [2.75, 3.05) is 18.0 Å². The first-order valence-electron chi connectivity index (χ1n) is 13.6. The van der Waals surface area contributed by atoms with Gasteiger partial charge in [0.05, 0.1) is 28.0 Å². The Balaban J connectivity index is 1.48. The van der Waals surface area contributed by atoms with E-state index in [9.17, 15) is 8.42 Å². The summed E-state index contributed by atoms with van der Waals surface area (Å²) in [5, 5.41) is 0.902. The van der Waals surface area contributed by atoms with Gasteiger partial charge in [0, 0.05) is 35.9 Å². The van der Waals surface area contributed by atoms with Gasteiger partial charge in [0.25, 0.3) is 10.0 Å². The second-order valence-corrected chi connectivity index (χ2v) is 11.8. The summed E-state index contributed by atoms with van der Waals surface area (Å²) in [5.74, 6) is 0.852. The van der Waals surface area contributed by atoms with Gasteiger partial charge in [0.15, 0.2) is 0 Å². The number of nitrogens with zero attached hydrogens (tertiary/aromatic N) is 4. The molecule has 202 valence electrons. The molecular formula is C33H32N4O2S. The van der Waals surface area contributed by atoms with Gasteiger partial charge in [-0.2, -0.15) is 0 Å². The predicted molar refractivity (Wildman–Crippen MR) is 164 cm³/mol. The summed E-state index contributed by atoms with van der Waals surface area (Å²) in [7, 11) is -3.78. The molecule has 0 saturated heterocycles. The van der Waals surface area contributed by atoms with Gasteiger partial charge in [-0.05, 0) is 80.9 Å². The number of anilines is 1. The number of rotatable bonds is 8. The van der Waals surface area contributed by atoms with E-state index in [1.54, 1.807) is 18.3 Å². The molecule has 0 amide bonds. The van der Waals surface area contributed by atoms with Crippen molar-refractivity contribution in [2.45, 2.75) is 32.2 Å². The maximum Gasteiger partial charge on any atom is 0.268 e. The van der Waals surface area contributed by atoms with Crippen molar-refractivity contribution < 1.29 is 8.42 Å². The lowest BCUT2D eigenvalue weighted by Gasteiger charge is -2.21. The first kappa shape index (κ1) is 25.9. The molecule has 2 heterocycles. The van der Waals surface area contributed by atoms with Crippen LogP contribution in [0.25, 0.3) is 33.3 Å². The zero-order chi connectivity index (χ0) is 27.9. The number of para-hydroxylation sites is 3. The Bertz CT molecular complexity index is 1910. The maximum atomic E-state index is 13.8. The van der Waals surface area contributed by atoms with Crippen LogP contribution in [0.5, 0.6) is 0 Å². The van der Waals surface area contributed by atoms with Crippen LogP contribution in [0.3, 0.4) is 0 Å². The van der Waals surface area contributed by atoms with E-state index in [1.807, 2.05) is 61.5 Å². The standard InChI is InChI=1S/C33H32N4O2S/c1-4-35(5-2)27-18-16-25(17-19-27)33-34-30-11-7-9-13-32(30)36(33)22-26-23-37(31-12-8-6-10-29(26)31)40(38,39)28-20-14-24(3)15-21-28/h6-21,23H,4-5,22H2,1-3H3. The predicted octanol–water partition coefficient (Wildman–Crippen LogP) is 7.10. The highest BCUT2D eigenvalue weighted by Gasteiger charge is 2.22. The lowest BCUT2D eigenvalue weighted by molar-refractivity contribution is 0.589. The fourth-order valence-corrected chi connectivity index (χ4v) is 6.79. The van der Waals surface area contributed by atoms with Gasteiger partial charge >= 0.3 is 0 Å². The second kappa shape index (κ2) is 10.3. The summed E-state index contributed by atoms with van der Waals surface area (Å²) < 4.78 is 31.1. The number of hydrogen-bond donors (Lipinski definition) is 0. The minimum atomic E-state index is -3.78. The molecule has 6 aromatic rings. The van der Waals surface area contributed by atoms with Crippen molar-refractivity contribution in [1.29, 1.82) is 0 Å². The summed E-state index contributed by atoms with van der Waals surface area (Å²) in [6.45, 7) is 8.64. The molecule has 0 aliphatic carbocycles. The molecule has 0 bridgehead atoms. The Morgan fingerprint density at radius 3 is 2.12 bits per heavy atom. The molecule has 6 rings (SSSR count). The molecule has 0 unspecified atom stereocenters. The van der Waals surface area contributed by atoms with Crippen LogP contribution in [0.15, 0.2) is 108 Å². The zero-order valence-electron chi connectivity index (χ0n) is 22.9. The summed E-state index contributed by atoms with van der Waals surface area (Å²) in [6.07, 6.45) is 1.77. The molecule has 2 aromatic heterocycles. The highest BCUT2D eigenvalue weighted by Crippen LogP contribution is 2.31. The molecule has 0 aliphatic rings. The van der Waals surface area contributed by atoms with Crippen molar-refractivity contribution in [3.05, 3.63) is 114 Å². The minimum absolute atomic E-state index is 0.271. The maximum absolute atomic E-state index is 13.8. The smallest absolute Gasteiger partial charge is 0.268 e. The van der Waals surface area contributed by atoms with Crippen LogP contribution < -0.4 is 4.90 Å². The fourth-order valence-electron chi connectivity index (χ4n) is 5.40. The molecule has 0 atom stereocenters. The summed E-state index contributed by atoms with van der Waals surface area (Å²) in [6, 6.07) is 31.3. The summed E-state index contributed by atoms with van der Waals surface area (Å²) in [5.41, 5.74) is 6.69. The van der Waals surface area contributed by atoms with Crippen LogP contribution in [0, 0.1) is 6.92 Å². The number of hydrogen-bond acceptors (Lipinski definition) is 4. The Labute approximate surface area is 235 Å². The largest absolute Gasteiger partial charge is 0.372 e. The van der Waals surface area contributed by atoms with E-state index in [0.29, 0.717) is 12.1 Å². The van der Waals surface area contributed by atoms with Gasteiger partial charge in [-0.1, -0.05) is 48.0 Å². The van der Waals surface area contributed by atoms with Crippen LogP contribution in [0.1, 0.15) is 25.0 Å². The number of benzene rings is 4. The molecule has 4 aromatic carbocycles. The molecule has 7 heteroatoms. The first-order chi connectivity index (χ1) is 19.4. The molecule has 6 nitrogen and oxygen atoms in total. The summed E-state index contributed by atoms with van der Waals surface area (Å²) >= 11 is 0. The van der Waals surface area contributed by atoms with Gasteiger partial charge < -0.3 is 9.47 Å². The monoisotopic (exact) mass is 548 g/mol. The molecule has 0 fully saturated rings. The highest BCUT2D eigenvalue weighted by molar-refractivity contribution is 7.90. The number of imidazole rings is 1. The molecule has 0 aliphatic heterocycles. The number of fused-ring (bicyclic) bond motifs is 2. The van der Waals surface area contributed by atoms with Crippen LogP contribution >= 0.6 is 0 Å². The Kier molecular flexibility index (Phi) is 6.68. The van der Waals surface area contributed by atoms with Crippen molar-refractivity contribution in [3.8, 4) is 11.4 Å². The van der Waals surface area contributed by atoms with E-state index in [-0.39, 0.29) is 4.90 Å². The van der Waals surface area contributed by atoms with Crippen LogP contribution in [0.4, 0.5) is 5.69 Å². The molecule has 0 spiro atoms. The number of aromatic nitrogens is 3. The Morgan fingerprint density at radius 2 is 1.43 bits per heavy atom. The van der Waals surface area contributed by atoms with E-state index < -0.39 is 10.0 Å². The molecule has 0 N–H and O–H groups in total. The van der Waals surface area contributed by atoms with Gasteiger partial charge in [0.2, 0.25) is 0 Å². The minimum Gasteiger partial charge on any atom is -0.372 e. The van der Waals surface area contributed by atoms with E-state index in [4.69, 9.17) is 4.98 Å². The van der Waals surface area contributed by atoms with Crippen LogP contribution in [-0.4, -0.2) is 35.0 Å². The quantitative estimate of drug-likeness (QED) is 0.204. The second-order valence-electron chi connectivity index (χ2n) is 10.0. The molecular weight excluding hydrogens is 516 g/mol. The highest BCUT2D eigenvalue weighted by atomic mass is 32.2. The zero-order valence-corrected chi connectivity index (χ0v) is 23.8. The van der Waals surface area contributed by atoms with Crippen LogP contribution in [-0.2, 0) is 16.6 Å². The van der Waals surface area contributed by atoms with Crippen molar-refractivity contribution in [3.63, 3.8) is 0 Å². The van der Waals surface area contributed by atoms with E-state index >= 15 is 0 Å². The first-order valence-corrected chi connectivity index (χ1v) is 15.1. The third-order valence-electron chi connectivity index (χ3n) is 7.58. The lowest BCUT2D eigenvalue weighted by atomic mass is 10.1. The van der Waals surface area contributed by atoms with Gasteiger partial charge in [-0.3, -0.25) is 0 Å². The lowest BCUT2D eigenvalue weighted by Crippen LogP contribution is -2.21. The number of aryl methyl sites for hydroxylation is 1. The topological polar surface area (TPSA) is 60.1 Å². The molecule has 0 saturated carbocycles. The van der Waals surface area contributed by atoms with Crippen LogP contribution in [0.2, 0.25) is 0 Å². The van der Waals surface area contributed by atoms with Gasteiger partial charge in [0.1, 0.15) is 5.82 Å². The Hall–Kier alpha value is -4.36. The molecule has 40 heavy (non-hydrogen) atoms. The summed E-state index contributed by atoms with van der Waals surface area (Å²) in [4.78, 5) is 7.60. The van der Waals surface area contributed by atoms with Gasteiger partial charge in [-0.25, -0.2) is 17.4 Å². The normalized spacial score (nSPS) is 11.9. The average Bonchev–Trinajstić information content (AvgIpc) is 3.54. The van der Waals surface area contributed by atoms with Crippen molar-refractivity contribution in [2.24, 2.45) is 0 Å². The molecule has 0 radical (unpaired) electrons. The van der Waals surface area contributed by atoms with Crippen molar-refractivity contribution in [1.82, 2.24) is 13.5 Å². The fraction of sp³-hybridized carbons (Fsp3) is 0.182. The Morgan fingerprint density at radius 1 is 0.775 bits per heavy atom. The van der Waals surface area contributed by atoms with Gasteiger partial charge in [-0.15, -0.1) is 0 Å². The van der Waals surface area contributed by atoms with Crippen molar-refractivity contribution >= 4 is 37.6 Å². The van der Waals surface area contributed by atoms with E-state index in [2.05, 4.69) is 53.6 Å².